The lowest BCUT2D eigenvalue weighted by Crippen LogP contribution is -2.26. The molecule has 2 atom stereocenters. The lowest BCUT2D eigenvalue weighted by molar-refractivity contribution is 0.179. The van der Waals surface area contributed by atoms with Gasteiger partial charge in [-0.05, 0) is 54.7 Å². The van der Waals surface area contributed by atoms with Crippen molar-refractivity contribution in [2.24, 2.45) is 16.3 Å². The van der Waals surface area contributed by atoms with Gasteiger partial charge < -0.3 is 0 Å². The van der Waals surface area contributed by atoms with Gasteiger partial charge in [-0.3, -0.25) is 5.01 Å². The molecule has 0 amide bonds. The van der Waals surface area contributed by atoms with Gasteiger partial charge in [0, 0.05) is 6.54 Å². The molecule has 0 N–H and O–H groups in total. The van der Waals surface area contributed by atoms with Crippen LogP contribution in [0.3, 0.4) is 0 Å². The first-order valence-corrected chi connectivity index (χ1v) is 10.4. The van der Waals surface area contributed by atoms with Crippen molar-refractivity contribution in [3.8, 4) is 0 Å². The van der Waals surface area contributed by atoms with Gasteiger partial charge in [0.1, 0.15) is 0 Å². The maximum atomic E-state index is 4.69. The predicted molar refractivity (Wildman–Crippen MR) is 114 cm³/mol. The SMILES string of the molecule is CCC1CC2=C(C=CC=CC2)C/N=N\N(CC(C)C)C(C)c2ccccc21. The Kier molecular flexibility index (Phi) is 6.65. The van der Waals surface area contributed by atoms with E-state index in [0.717, 1.165) is 25.8 Å². The fourth-order valence-electron chi connectivity index (χ4n) is 4.12. The second-order valence-corrected chi connectivity index (χ2v) is 8.14. The Morgan fingerprint density at radius 2 is 1.93 bits per heavy atom. The van der Waals surface area contributed by atoms with E-state index in [1.807, 2.05) is 0 Å². The monoisotopic (exact) mass is 363 g/mol. The second-order valence-electron chi connectivity index (χ2n) is 8.14. The van der Waals surface area contributed by atoms with E-state index in [1.165, 1.54) is 22.3 Å². The summed E-state index contributed by atoms with van der Waals surface area (Å²) in [5.74, 6) is 1.08. The van der Waals surface area contributed by atoms with Crippen LogP contribution in [0, 0.1) is 5.92 Å². The summed E-state index contributed by atoms with van der Waals surface area (Å²) in [6.07, 6.45) is 12.0. The van der Waals surface area contributed by atoms with Crippen molar-refractivity contribution in [1.29, 1.82) is 0 Å². The minimum absolute atomic E-state index is 0.231. The van der Waals surface area contributed by atoms with Crippen molar-refractivity contribution in [3.63, 3.8) is 0 Å². The molecule has 1 aromatic rings. The van der Waals surface area contributed by atoms with E-state index in [9.17, 15) is 0 Å². The summed E-state index contributed by atoms with van der Waals surface area (Å²) in [6, 6.07) is 9.18. The first-order valence-electron chi connectivity index (χ1n) is 10.4. The first-order chi connectivity index (χ1) is 13.1. The summed E-state index contributed by atoms with van der Waals surface area (Å²) in [5.41, 5.74) is 5.71. The predicted octanol–water partition coefficient (Wildman–Crippen LogP) is 6.78. The van der Waals surface area contributed by atoms with E-state index >= 15 is 0 Å². The molecule has 0 saturated heterocycles. The molecule has 0 saturated carbocycles. The van der Waals surface area contributed by atoms with E-state index < -0.39 is 0 Å². The Morgan fingerprint density at radius 1 is 1.15 bits per heavy atom. The van der Waals surface area contributed by atoms with Crippen molar-refractivity contribution in [2.75, 3.05) is 13.1 Å². The van der Waals surface area contributed by atoms with Crippen LogP contribution in [0.4, 0.5) is 0 Å². The zero-order valence-electron chi connectivity index (χ0n) is 17.2. The van der Waals surface area contributed by atoms with Gasteiger partial charge >= 0.3 is 0 Å². The smallest absolute Gasteiger partial charge is 0.0870 e. The van der Waals surface area contributed by atoms with Gasteiger partial charge in [-0.25, -0.2) is 0 Å². The zero-order chi connectivity index (χ0) is 19.2. The van der Waals surface area contributed by atoms with E-state index in [0.29, 0.717) is 18.4 Å². The number of fused-ring (bicyclic) bond motifs is 1. The van der Waals surface area contributed by atoms with Gasteiger partial charge in [-0.15, -0.1) is 0 Å². The standard InChI is InChI=1S/C24H33N3/c1-5-20-15-21-11-7-6-8-12-22(21)16-25-26-27(17-18(2)3)19(4)23-13-9-10-14-24(20)23/h6-10,12-14,18-20H,5,11,15-17H2,1-4H3/b26-25-. The highest BCUT2D eigenvalue weighted by Crippen LogP contribution is 2.37. The normalized spacial score (nSPS) is 24.3. The van der Waals surface area contributed by atoms with E-state index in [2.05, 4.69) is 91.6 Å². The van der Waals surface area contributed by atoms with Crippen LogP contribution in [0.2, 0.25) is 0 Å². The molecular formula is C24H33N3. The van der Waals surface area contributed by atoms with Gasteiger partial charge in [-0.2, -0.15) is 5.11 Å². The third-order valence-electron chi connectivity index (χ3n) is 5.65. The molecule has 0 radical (unpaired) electrons. The number of allylic oxidation sites excluding steroid dienone is 4. The molecule has 2 aliphatic rings. The quantitative estimate of drug-likeness (QED) is 0.581. The van der Waals surface area contributed by atoms with Gasteiger partial charge in [0.2, 0.25) is 0 Å². The van der Waals surface area contributed by atoms with Crippen molar-refractivity contribution < 1.29 is 0 Å². The number of hydrogen-bond donors (Lipinski definition) is 0. The average molecular weight is 364 g/mol. The average Bonchev–Trinajstić information content (AvgIpc) is 2.89. The summed E-state index contributed by atoms with van der Waals surface area (Å²) in [4.78, 5) is 0. The topological polar surface area (TPSA) is 28.0 Å². The summed E-state index contributed by atoms with van der Waals surface area (Å²) in [7, 11) is 0. The van der Waals surface area contributed by atoms with Crippen molar-refractivity contribution in [2.45, 2.75) is 58.9 Å². The molecular weight excluding hydrogens is 330 g/mol. The third kappa shape index (κ3) is 4.77. The molecule has 3 nitrogen and oxygen atoms in total. The zero-order valence-corrected chi connectivity index (χ0v) is 17.2. The van der Waals surface area contributed by atoms with Crippen LogP contribution in [0.5, 0.6) is 0 Å². The minimum atomic E-state index is 0.231. The Morgan fingerprint density at radius 3 is 2.67 bits per heavy atom. The van der Waals surface area contributed by atoms with E-state index in [1.54, 1.807) is 0 Å². The number of nitrogens with zero attached hydrogens (tertiary/aromatic N) is 3. The minimum Gasteiger partial charge on any atom is -0.271 e. The first kappa shape index (κ1) is 19.6. The maximum absolute atomic E-state index is 4.69. The molecule has 1 aliphatic heterocycles. The van der Waals surface area contributed by atoms with Crippen LogP contribution < -0.4 is 0 Å². The van der Waals surface area contributed by atoms with Gasteiger partial charge in [-0.1, -0.05) is 80.1 Å². The van der Waals surface area contributed by atoms with E-state index in [-0.39, 0.29) is 6.04 Å². The van der Waals surface area contributed by atoms with Crippen LogP contribution in [0.15, 0.2) is 70.1 Å². The molecule has 1 aromatic carbocycles. The lowest BCUT2D eigenvalue weighted by Gasteiger charge is -2.30. The molecule has 0 bridgehead atoms. The van der Waals surface area contributed by atoms with Crippen molar-refractivity contribution in [3.05, 3.63) is 70.8 Å². The van der Waals surface area contributed by atoms with Gasteiger partial charge in [0.25, 0.3) is 0 Å². The van der Waals surface area contributed by atoms with Gasteiger partial charge in [0.05, 0.1) is 12.6 Å². The molecule has 0 spiro atoms. The van der Waals surface area contributed by atoms with Gasteiger partial charge in [0.15, 0.2) is 0 Å². The number of rotatable bonds is 3. The highest BCUT2D eigenvalue weighted by molar-refractivity contribution is 5.38. The van der Waals surface area contributed by atoms with Crippen LogP contribution in [0.25, 0.3) is 0 Å². The fourth-order valence-corrected chi connectivity index (χ4v) is 4.12. The third-order valence-corrected chi connectivity index (χ3v) is 5.65. The molecule has 2 unspecified atom stereocenters. The lowest BCUT2D eigenvalue weighted by atomic mass is 9.83. The molecule has 144 valence electrons. The molecule has 27 heavy (non-hydrogen) atoms. The summed E-state index contributed by atoms with van der Waals surface area (Å²) >= 11 is 0. The maximum Gasteiger partial charge on any atom is 0.0870 e. The van der Waals surface area contributed by atoms with Crippen LogP contribution >= 0.6 is 0 Å². The number of hydrogen-bond acceptors (Lipinski definition) is 3. The highest BCUT2D eigenvalue weighted by Gasteiger charge is 2.24. The Balaban J connectivity index is 2.08. The van der Waals surface area contributed by atoms with Crippen LogP contribution in [-0.4, -0.2) is 18.1 Å². The van der Waals surface area contributed by atoms with Crippen LogP contribution in [-0.2, 0) is 0 Å². The fraction of sp³-hybridized carbons (Fsp3) is 0.500. The highest BCUT2D eigenvalue weighted by atomic mass is 15.5. The molecule has 0 fully saturated rings. The Bertz CT molecular complexity index is 755. The summed E-state index contributed by atoms with van der Waals surface area (Å²) in [5, 5.41) is 11.5. The molecule has 1 heterocycles. The Labute approximate surface area is 164 Å². The summed E-state index contributed by atoms with van der Waals surface area (Å²) < 4.78 is 0. The van der Waals surface area contributed by atoms with Crippen molar-refractivity contribution >= 4 is 0 Å². The molecule has 1 aliphatic carbocycles. The summed E-state index contributed by atoms with van der Waals surface area (Å²) in [6.45, 7) is 10.7. The number of benzene rings is 1. The Hall–Kier alpha value is -2.16. The molecule has 3 rings (SSSR count). The van der Waals surface area contributed by atoms with E-state index in [4.69, 9.17) is 0 Å². The molecule has 3 heteroatoms. The molecule has 0 aromatic heterocycles. The second kappa shape index (κ2) is 9.16. The van der Waals surface area contributed by atoms with Crippen LogP contribution in [0.1, 0.15) is 70.0 Å². The van der Waals surface area contributed by atoms with Crippen molar-refractivity contribution in [1.82, 2.24) is 5.01 Å². The largest absolute Gasteiger partial charge is 0.271 e.